The van der Waals surface area contributed by atoms with E-state index < -0.39 is 15.8 Å². The molecule has 2 N–H and O–H groups in total. The molecule has 0 amide bonds. The Morgan fingerprint density at radius 2 is 1.87 bits per heavy atom. The maximum atomic E-state index is 13.2. The van der Waals surface area contributed by atoms with Crippen LogP contribution in [0.3, 0.4) is 0 Å². The van der Waals surface area contributed by atoms with E-state index in [1.165, 1.54) is 24.5 Å². The van der Waals surface area contributed by atoms with Crippen LogP contribution in [0.15, 0.2) is 59.9 Å². The summed E-state index contributed by atoms with van der Waals surface area (Å²) in [6.45, 7) is 3.73. The van der Waals surface area contributed by atoms with Crippen LogP contribution < -0.4 is 4.72 Å². The fourth-order valence-corrected chi connectivity index (χ4v) is 4.37. The molecule has 0 bridgehead atoms. The number of aromatic amines is 1. The monoisotopic (exact) mass is 440 g/mol. The first kappa shape index (κ1) is 20.1. The van der Waals surface area contributed by atoms with Crippen molar-refractivity contribution in [2.45, 2.75) is 18.7 Å². The Hall–Kier alpha value is -3.23. The van der Waals surface area contributed by atoms with E-state index in [1.807, 2.05) is 13.8 Å². The number of H-pyrrole nitrogens is 1. The largest absolute Gasteiger partial charge is 0.346 e. The van der Waals surface area contributed by atoms with Gasteiger partial charge < -0.3 is 4.98 Å². The van der Waals surface area contributed by atoms with Gasteiger partial charge in [-0.2, -0.15) is 0 Å². The van der Waals surface area contributed by atoms with Crippen LogP contribution in [0.25, 0.3) is 11.0 Å². The highest BCUT2D eigenvalue weighted by atomic mass is 35.5. The second-order valence-corrected chi connectivity index (χ2v) is 8.95. The third-order valence-electron chi connectivity index (χ3n) is 4.81. The molecule has 30 heavy (non-hydrogen) atoms. The van der Waals surface area contributed by atoms with Crippen molar-refractivity contribution < 1.29 is 13.2 Å². The van der Waals surface area contributed by atoms with Gasteiger partial charge in [-0.15, -0.1) is 0 Å². The first-order valence-corrected chi connectivity index (χ1v) is 10.8. The van der Waals surface area contributed by atoms with Crippen LogP contribution in [0.1, 0.15) is 27.2 Å². The third kappa shape index (κ3) is 3.67. The van der Waals surface area contributed by atoms with E-state index in [0.29, 0.717) is 16.6 Å². The van der Waals surface area contributed by atoms with Gasteiger partial charge in [-0.1, -0.05) is 17.7 Å². The molecule has 3 heterocycles. The van der Waals surface area contributed by atoms with Crippen molar-refractivity contribution in [3.63, 3.8) is 0 Å². The van der Waals surface area contributed by atoms with Crippen LogP contribution in [0.5, 0.6) is 0 Å². The smallest absolute Gasteiger partial charge is 0.261 e. The Kier molecular flexibility index (Phi) is 5.05. The fraction of sp³-hybridized carbons (Fsp3) is 0.0952. The number of sulfonamides is 1. The highest BCUT2D eigenvalue weighted by Gasteiger charge is 2.23. The number of pyridine rings is 2. The van der Waals surface area contributed by atoms with Crippen molar-refractivity contribution in [1.82, 2.24) is 15.0 Å². The van der Waals surface area contributed by atoms with E-state index in [9.17, 15) is 13.2 Å². The molecule has 0 aliphatic carbocycles. The lowest BCUT2D eigenvalue weighted by Crippen LogP contribution is -2.17. The Labute approximate surface area is 178 Å². The van der Waals surface area contributed by atoms with Gasteiger partial charge in [-0.25, -0.2) is 18.4 Å². The minimum absolute atomic E-state index is 0.00576. The first-order valence-electron chi connectivity index (χ1n) is 8.99. The molecular formula is C21H17ClN4O3S. The number of halogens is 1. The molecular weight excluding hydrogens is 424 g/mol. The number of benzene rings is 1. The second-order valence-electron chi connectivity index (χ2n) is 6.83. The van der Waals surface area contributed by atoms with Gasteiger partial charge in [0.25, 0.3) is 10.0 Å². The quantitative estimate of drug-likeness (QED) is 0.451. The number of carbonyl (C=O) groups is 1. The highest BCUT2D eigenvalue weighted by Crippen LogP contribution is 2.27. The average Bonchev–Trinajstić information content (AvgIpc) is 3.18. The number of nitrogens with zero attached hydrogens (tertiary/aromatic N) is 2. The molecule has 3 aromatic heterocycles. The topological polar surface area (TPSA) is 105 Å². The molecule has 0 saturated carbocycles. The molecule has 0 atom stereocenters. The van der Waals surface area contributed by atoms with Gasteiger partial charge in [0.2, 0.25) is 5.78 Å². The van der Waals surface area contributed by atoms with Crippen LogP contribution >= 0.6 is 11.6 Å². The van der Waals surface area contributed by atoms with Gasteiger partial charge in [-0.05, 0) is 55.3 Å². The van der Waals surface area contributed by atoms with E-state index in [-0.39, 0.29) is 21.3 Å². The number of ketones is 1. The summed E-state index contributed by atoms with van der Waals surface area (Å²) in [5.41, 5.74) is 2.66. The van der Waals surface area contributed by atoms with E-state index >= 15 is 0 Å². The number of aromatic nitrogens is 3. The van der Waals surface area contributed by atoms with Crippen LogP contribution in [0.2, 0.25) is 5.02 Å². The number of carbonyl (C=O) groups excluding carboxylic acids is 1. The lowest BCUT2D eigenvalue weighted by molar-refractivity contribution is 0.103. The van der Waals surface area contributed by atoms with Crippen LogP contribution in [-0.4, -0.2) is 29.2 Å². The van der Waals surface area contributed by atoms with Gasteiger partial charge >= 0.3 is 0 Å². The van der Waals surface area contributed by atoms with Gasteiger partial charge in [-0.3, -0.25) is 9.52 Å². The molecule has 9 heteroatoms. The summed E-state index contributed by atoms with van der Waals surface area (Å²) in [5, 5.41) is 0.813. The number of nitrogens with one attached hydrogen (secondary N) is 2. The number of anilines is 1. The van der Waals surface area contributed by atoms with Crippen molar-refractivity contribution in [2.24, 2.45) is 0 Å². The molecule has 4 aromatic rings. The number of fused-ring (bicyclic) bond motifs is 1. The van der Waals surface area contributed by atoms with Gasteiger partial charge in [0.05, 0.1) is 15.6 Å². The zero-order chi connectivity index (χ0) is 21.5. The zero-order valence-corrected chi connectivity index (χ0v) is 17.7. The molecule has 0 spiro atoms. The Morgan fingerprint density at radius 1 is 1.07 bits per heavy atom. The molecule has 0 saturated heterocycles. The maximum absolute atomic E-state index is 13.2. The predicted octanol–water partition coefficient (Wildman–Crippen LogP) is 4.26. The Balaban J connectivity index is 1.78. The van der Waals surface area contributed by atoms with Gasteiger partial charge in [0.1, 0.15) is 11.3 Å². The lowest BCUT2D eigenvalue weighted by Gasteiger charge is -2.13. The standard InChI is InChI=1S/C21H17ClN4O3S/c1-12-3-4-15(9-13(12)2)30(28,29)26-18-10-14(22)11-25-19(18)20(27)16-5-7-23-21-17(16)6-8-24-21/h3-11,26H,1-2H3,(H,23,24). The number of rotatable bonds is 5. The predicted molar refractivity (Wildman–Crippen MR) is 115 cm³/mol. The summed E-state index contributed by atoms with van der Waals surface area (Å²) < 4.78 is 28.4. The molecule has 7 nitrogen and oxygen atoms in total. The molecule has 0 aliphatic heterocycles. The minimum Gasteiger partial charge on any atom is -0.346 e. The van der Waals surface area contributed by atoms with Crippen molar-refractivity contribution in [1.29, 1.82) is 0 Å². The molecule has 152 valence electrons. The summed E-state index contributed by atoms with van der Waals surface area (Å²) in [6.07, 6.45) is 4.48. The average molecular weight is 441 g/mol. The number of aryl methyl sites for hydroxylation is 2. The van der Waals surface area contributed by atoms with Crippen LogP contribution in [0, 0.1) is 13.8 Å². The third-order valence-corrected chi connectivity index (χ3v) is 6.38. The van der Waals surface area contributed by atoms with Crippen molar-refractivity contribution in [3.8, 4) is 0 Å². The number of hydrogen-bond donors (Lipinski definition) is 2. The Bertz CT molecular complexity index is 1400. The summed E-state index contributed by atoms with van der Waals surface area (Å²) in [6, 6.07) is 9.47. The Morgan fingerprint density at radius 3 is 2.63 bits per heavy atom. The molecule has 0 radical (unpaired) electrons. The minimum atomic E-state index is -3.96. The summed E-state index contributed by atoms with van der Waals surface area (Å²) in [7, 11) is -3.96. The van der Waals surface area contributed by atoms with E-state index in [2.05, 4.69) is 19.7 Å². The van der Waals surface area contributed by atoms with Crippen LogP contribution in [-0.2, 0) is 10.0 Å². The second kappa shape index (κ2) is 7.55. The number of hydrogen-bond acceptors (Lipinski definition) is 5. The molecule has 4 rings (SSSR count). The highest BCUT2D eigenvalue weighted by molar-refractivity contribution is 7.92. The molecule has 1 aromatic carbocycles. The molecule has 0 unspecified atom stereocenters. The molecule has 0 aliphatic rings. The summed E-state index contributed by atoms with van der Waals surface area (Å²) in [5.74, 6) is -0.448. The first-order chi connectivity index (χ1) is 14.3. The van der Waals surface area contributed by atoms with Crippen molar-refractivity contribution >= 4 is 44.1 Å². The van der Waals surface area contributed by atoms with Gasteiger partial charge in [0.15, 0.2) is 0 Å². The van der Waals surface area contributed by atoms with E-state index in [1.54, 1.807) is 30.5 Å². The summed E-state index contributed by atoms with van der Waals surface area (Å²) in [4.78, 5) is 24.5. The van der Waals surface area contributed by atoms with E-state index in [4.69, 9.17) is 11.6 Å². The van der Waals surface area contributed by atoms with E-state index in [0.717, 1.165) is 11.1 Å². The van der Waals surface area contributed by atoms with Crippen LogP contribution in [0.4, 0.5) is 5.69 Å². The van der Waals surface area contributed by atoms with Crippen molar-refractivity contribution in [3.05, 3.63) is 82.4 Å². The van der Waals surface area contributed by atoms with Gasteiger partial charge in [0, 0.05) is 29.5 Å². The normalized spacial score (nSPS) is 11.6. The lowest BCUT2D eigenvalue weighted by atomic mass is 10.0. The molecule has 0 fully saturated rings. The summed E-state index contributed by atoms with van der Waals surface area (Å²) >= 11 is 6.04. The maximum Gasteiger partial charge on any atom is 0.261 e. The fourth-order valence-electron chi connectivity index (χ4n) is 3.07. The van der Waals surface area contributed by atoms with Crippen molar-refractivity contribution in [2.75, 3.05) is 4.72 Å². The SMILES string of the molecule is Cc1ccc(S(=O)(=O)Nc2cc(Cl)cnc2C(=O)c2ccnc3[nH]ccc23)cc1C. The zero-order valence-electron chi connectivity index (χ0n) is 16.1.